The van der Waals surface area contributed by atoms with Gasteiger partial charge in [-0.3, -0.25) is 10.1 Å². The number of nitro groups is 1. The number of methoxy groups -OCH3 is 1. The van der Waals surface area contributed by atoms with E-state index in [-0.39, 0.29) is 21.8 Å². The Hall–Kier alpha value is -5.57. The van der Waals surface area contributed by atoms with Crippen LogP contribution in [0, 0.1) is 24.0 Å². The lowest BCUT2D eigenvalue weighted by atomic mass is 10.0. The molecule has 0 saturated heterocycles. The number of nitrogens with zero attached hydrogens (tertiary/aromatic N) is 1. The number of hydrogen-bond donors (Lipinski definition) is 1. The smallest absolute Gasteiger partial charge is 0.424 e. The molecule has 294 valence electrons. The van der Waals surface area contributed by atoms with Crippen molar-refractivity contribution >= 4 is 47.3 Å². The lowest BCUT2D eigenvalue weighted by Gasteiger charge is -2.30. The van der Waals surface area contributed by atoms with E-state index in [1.807, 2.05) is 0 Å². The van der Waals surface area contributed by atoms with Gasteiger partial charge in [0.2, 0.25) is 9.84 Å². The van der Waals surface area contributed by atoms with Crippen molar-refractivity contribution in [2.45, 2.75) is 34.8 Å². The molecule has 1 unspecified atom stereocenters. The Bertz CT molecular complexity index is 2420. The summed E-state index contributed by atoms with van der Waals surface area (Å²) in [6, 6.07) is 17.6. The summed E-state index contributed by atoms with van der Waals surface area (Å²) in [4.78, 5) is 36.9. The molecule has 0 saturated carbocycles. The molecule has 4 rings (SSSR count). The Labute approximate surface area is 317 Å². The molecular formula is C35H36N2O15S3. The molecule has 1 atom stereocenters. The highest BCUT2D eigenvalue weighted by Gasteiger charge is 2.66. The molecule has 0 aromatic heterocycles. The molecule has 55 heavy (non-hydrogen) atoms. The lowest BCUT2D eigenvalue weighted by Crippen LogP contribution is -2.60. The summed E-state index contributed by atoms with van der Waals surface area (Å²) in [6.07, 6.45) is 0. The van der Waals surface area contributed by atoms with Crippen molar-refractivity contribution in [3.05, 3.63) is 106 Å². The molecule has 0 radical (unpaired) electrons. The van der Waals surface area contributed by atoms with Crippen molar-refractivity contribution in [1.29, 1.82) is 0 Å². The molecule has 0 bridgehead atoms. The number of carbonyl (C=O) groups excluding carboxylic acids is 2. The monoisotopic (exact) mass is 820 g/mol. The van der Waals surface area contributed by atoms with Crippen molar-refractivity contribution in [3.63, 3.8) is 0 Å². The maximum Gasteiger partial charge on any atom is 0.424 e. The maximum atomic E-state index is 14.2. The van der Waals surface area contributed by atoms with Crippen molar-refractivity contribution in [2.75, 3.05) is 32.7 Å². The van der Waals surface area contributed by atoms with Gasteiger partial charge < -0.3 is 23.7 Å². The predicted octanol–water partition coefficient (Wildman–Crippen LogP) is 3.64. The zero-order valence-corrected chi connectivity index (χ0v) is 32.2. The van der Waals surface area contributed by atoms with E-state index in [1.165, 1.54) is 50.4 Å². The van der Waals surface area contributed by atoms with Crippen LogP contribution in [0.15, 0.2) is 94.7 Å². The number of esters is 2. The van der Waals surface area contributed by atoms with Crippen LogP contribution in [-0.2, 0) is 48.8 Å². The normalized spacial score (nSPS) is 12.9. The number of rotatable bonds is 17. The van der Waals surface area contributed by atoms with E-state index in [1.54, 1.807) is 26.0 Å². The molecule has 4 aromatic carbocycles. The molecule has 20 heteroatoms. The van der Waals surface area contributed by atoms with Crippen molar-refractivity contribution in [3.8, 4) is 28.4 Å². The summed E-state index contributed by atoms with van der Waals surface area (Å²) in [7, 11) is -13.7. The SMILES string of the molecule is CCOC(=O)C(Oc1ccc(-c2ccc(OC)cc2[N+](=O)[O-])cc1OCC(=O)OCCS(=O)(=O)c1ccc(C)cc1)(S(N)(=O)=O)S(=O)(=O)c1ccc(C)cc1. The second-order valence-electron chi connectivity index (χ2n) is 11.7. The molecular weight excluding hydrogens is 785 g/mol. The second kappa shape index (κ2) is 16.8. The second-order valence-corrected chi connectivity index (χ2v) is 17.8. The Kier molecular flexibility index (Phi) is 12.9. The van der Waals surface area contributed by atoms with Crippen molar-refractivity contribution in [1.82, 2.24) is 0 Å². The third kappa shape index (κ3) is 9.22. The maximum absolute atomic E-state index is 14.2. The fraction of sp³-hybridized carbons (Fsp3) is 0.257. The van der Waals surface area contributed by atoms with E-state index < -0.39 is 98.5 Å². The summed E-state index contributed by atoms with van der Waals surface area (Å²) >= 11 is 0. The Morgan fingerprint density at radius 2 is 1.40 bits per heavy atom. The number of hydrogen-bond acceptors (Lipinski definition) is 15. The van der Waals surface area contributed by atoms with E-state index in [2.05, 4.69) is 0 Å². The molecule has 0 fully saturated rings. The highest BCUT2D eigenvalue weighted by Crippen LogP contribution is 2.42. The first-order valence-electron chi connectivity index (χ1n) is 16.0. The van der Waals surface area contributed by atoms with E-state index in [4.69, 9.17) is 28.8 Å². The number of benzene rings is 4. The van der Waals surface area contributed by atoms with Gasteiger partial charge in [0, 0.05) is 0 Å². The lowest BCUT2D eigenvalue weighted by molar-refractivity contribution is -0.384. The van der Waals surface area contributed by atoms with Crippen molar-refractivity contribution < 1.29 is 63.5 Å². The van der Waals surface area contributed by atoms with Gasteiger partial charge in [-0.05, 0) is 74.9 Å². The number of carbonyl (C=O) groups is 2. The van der Waals surface area contributed by atoms with E-state index in [0.717, 1.165) is 42.0 Å². The zero-order chi connectivity index (χ0) is 40.8. The average Bonchev–Trinajstić information content (AvgIpc) is 3.12. The number of primary sulfonamides is 1. The molecule has 4 aromatic rings. The first-order chi connectivity index (χ1) is 25.8. The van der Waals surface area contributed by atoms with Crippen molar-refractivity contribution in [2.24, 2.45) is 5.14 Å². The Balaban J connectivity index is 1.80. The molecule has 0 amide bonds. The van der Waals surface area contributed by atoms with Crippen LogP contribution in [0.2, 0.25) is 0 Å². The average molecular weight is 821 g/mol. The minimum atomic E-state index is -5.64. The minimum Gasteiger partial charge on any atom is -0.497 e. The zero-order valence-electron chi connectivity index (χ0n) is 29.8. The number of sulfone groups is 2. The fourth-order valence-electron chi connectivity index (χ4n) is 4.98. The summed E-state index contributed by atoms with van der Waals surface area (Å²) in [5.74, 6) is -4.96. The van der Waals surface area contributed by atoms with Gasteiger partial charge in [0.1, 0.15) is 12.4 Å². The van der Waals surface area contributed by atoms with Crippen LogP contribution in [0.5, 0.6) is 17.2 Å². The molecule has 0 heterocycles. The quantitative estimate of drug-likeness (QED) is 0.0907. The van der Waals surface area contributed by atoms with Gasteiger partial charge in [0.25, 0.3) is 15.7 Å². The highest BCUT2D eigenvalue weighted by atomic mass is 32.3. The van der Waals surface area contributed by atoms with E-state index >= 15 is 0 Å². The molecule has 0 aliphatic carbocycles. The van der Waals surface area contributed by atoms with E-state index in [9.17, 15) is 45.0 Å². The van der Waals surface area contributed by atoms with E-state index in [0.29, 0.717) is 5.56 Å². The summed E-state index contributed by atoms with van der Waals surface area (Å²) in [5.41, 5.74) is 0.915. The topological polar surface area (TPSA) is 252 Å². The number of aryl methyl sites for hydroxylation is 2. The first kappa shape index (κ1) is 42.2. The van der Waals surface area contributed by atoms with Crippen LogP contribution in [-0.4, -0.2) is 79.1 Å². The van der Waals surface area contributed by atoms with Crippen LogP contribution in [0.4, 0.5) is 5.69 Å². The van der Waals surface area contributed by atoms with Crippen LogP contribution in [0.3, 0.4) is 0 Å². The van der Waals surface area contributed by atoms with Gasteiger partial charge >= 0.3 is 16.2 Å². The third-order valence-corrected chi connectivity index (χ3v) is 13.7. The van der Waals surface area contributed by atoms with Gasteiger partial charge in [-0.2, -0.15) is 0 Å². The largest absolute Gasteiger partial charge is 0.497 e. The first-order valence-corrected chi connectivity index (χ1v) is 20.7. The molecule has 0 aliphatic rings. The molecule has 0 aliphatic heterocycles. The number of nitrogens with two attached hydrogens (primary N) is 1. The van der Waals surface area contributed by atoms with Gasteiger partial charge in [0.05, 0.1) is 45.8 Å². The van der Waals surface area contributed by atoms with Crippen LogP contribution < -0.4 is 19.3 Å². The number of ether oxygens (including phenoxy) is 5. The van der Waals surface area contributed by atoms with Crippen LogP contribution in [0.25, 0.3) is 11.1 Å². The van der Waals surface area contributed by atoms with Gasteiger partial charge in [-0.1, -0.05) is 41.5 Å². The standard InChI is InChI=1S/C35H36N2O15S3/c1-5-49-34(39)35(55(36,46)47,54(44,45)28-14-8-24(3)9-15-28)52-31-17-10-25(29-16-11-26(48-4)21-30(29)37(40)41)20-32(31)51-22-33(38)50-18-19-53(42,43)27-12-6-23(2)7-13-27/h6-17,20-21H,5,18-19,22H2,1-4H3,(H2,36,46,47). The van der Waals surface area contributed by atoms with Crippen LogP contribution in [0.1, 0.15) is 18.1 Å². The van der Waals surface area contributed by atoms with Gasteiger partial charge in [0.15, 0.2) is 27.9 Å². The Morgan fingerprint density at radius 3 is 1.95 bits per heavy atom. The van der Waals surface area contributed by atoms with Gasteiger partial charge in [-0.25, -0.2) is 40.0 Å². The third-order valence-electron chi connectivity index (χ3n) is 7.83. The van der Waals surface area contributed by atoms with Gasteiger partial charge in [-0.15, -0.1) is 0 Å². The minimum absolute atomic E-state index is 0.00263. The summed E-state index contributed by atoms with van der Waals surface area (Å²) in [5, 5.41) is 17.5. The summed E-state index contributed by atoms with van der Waals surface area (Å²) < 4.78 is 103. The molecule has 2 N–H and O–H groups in total. The number of nitro benzene ring substituents is 1. The summed E-state index contributed by atoms with van der Waals surface area (Å²) in [6.45, 7) is 2.53. The molecule has 17 nitrogen and oxygen atoms in total. The Morgan fingerprint density at radius 1 is 0.800 bits per heavy atom. The number of sulfonamides is 1. The highest BCUT2D eigenvalue weighted by molar-refractivity contribution is 8.10. The van der Waals surface area contributed by atoms with Crippen LogP contribution >= 0.6 is 0 Å². The fourth-order valence-corrected chi connectivity index (χ4v) is 9.36. The molecule has 0 spiro atoms. The predicted molar refractivity (Wildman–Crippen MR) is 196 cm³/mol.